The molecule has 0 bridgehead atoms. The van der Waals surface area contributed by atoms with E-state index < -0.39 is 0 Å². The van der Waals surface area contributed by atoms with Gasteiger partial charge in [-0.2, -0.15) is 0 Å². The minimum Gasteiger partial charge on any atom is -0.310 e. The van der Waals surface area contributed by atoms with Crippen molar-refractivity contribution in [2.45, 2.75) is 91.9 Å². The van der Waals surface area contributed by atoms with Crippen molar-refractivity contribution in [2.24, 2.45) is 5.92 Å². The maximum absolute atomic E-state index is 2.47. The average Bonchev–Trinajstić information content (AvgIpc) is 4.03. The molecule has 14 rings (SSSR count). The van der Waals surface area contributed by atoms with Gasteiger partial charge in [-0.3, -0.25) is 0 Å². The van der Waals surface area contributed by atoms with Crippen LogP contribution in [-0.2, 0) is 22.7 Å². The van der Waals surface area contributed by atoms with Crippen LogP contribution in [0.25, 0.3) is 66.4 Å². The second-order valence-corrected chi connectivity index (χ2v) is 25.5. The van der Waals surface area contributed by atoms with Crippen LogP contribution < -0.4 is 9.80 Å². The van der Waals surface area contributed by atoms with Gasteiger partial charge in [0.1, 0.15) is 0 Å². The Bertz CT molecular complexity index is 4300. The van der Waals surface area contributed by atoms with E-state index in [-0.39, 0.29) is 16.2 Å². The predicted molar refractivity (Wildman–Crippen MR) is 345 cm³/mol. The van der Waals surface area contributed by atoms with E-state index in [2.05, 4.69) is 303 Å². The average molecular weight is 1050 g/mol. The van der Waals surface area contributed by atoms with Gasteiger partial charge in [0.2, 0.25) is 0 Å². The first-order chi connectivity index (χ1) is 39.0. The summed E-state index contributed by atoms with van der Waals surface area (Å²) >= 11 is 0. The molecule has 2 nitrogen and oxygen atoms in total. The number of nitrogens with zero attached hydrogens (tertiary/aromatic N) is 2. The number of hydrogen-bond donors (Lipinski definition) is 0. The Kier molecular flexibility index (Phi) is 11.6. The number of rotatable bonds is 10. The molecule has 0 radical (unpaired) electrons. The van der Waals surface area contributed by atoms with Crippen molar-refractivity contribution >= 4 is 44.9 Å². The first kappa shape index (κ1) is 50.5. The topological polar surface area (TPSA) is 6.48 Å². The van der Waals surface area contributed by atoms with Gasteiger partial charge in [0.25, 0.3) is 0 Å². The van der Waals surface area contributed by atoms with E-state index in [9.17, 15) is 0 Å². The third-order valence-electron chi connectivity index (χ3n) is 18.6. The van der Waals surface area contributed by atoms with E-state index in [0.29, 0.717) is 5.92 Å². The Morgan fingerprint density at radius 2 is 0.667 bits per heavy atom. The molecule has 0 unspecified atom stereocenters. The molecule has 0 amide bonds. The molecule has 0 fully saturated rings. The zero-order chi connectivity index (χ0) is 55.7. The molecule has 11 aromatic carbocycles. The van der Waals surface area contributed by atoms with Crippen LogP contribution >= 0.6 is 0 Å². The van der Waals surface area contributed by atoms with E-state index in [4.69, 9.17) is 0 Å². The zero-order valence-electron chi connectivity index (χ0n) is 48.5. The number of hydrogen-bond acceptors (Lipinski definition) is 2. The van der Waals surface area contributed by atoms with Crippen LogP contribution in [0.4, 0.5) is 34.1 Å². The molecule has 0 aliphatic heterocycles. The molecule has 0 heterocycles. The monoisotopic (exact) mass is 1050 g/mol. The summed E-state index contributed by atoms with van der Waals surface area (Å²) < 4.78 is 0. The summed E-state index contributed by atoms with van der Waals surface area (Å²) in [5, 5.41) is 2.66. The van der Waals surface area contributed by atoms with Gasteiger partial charge in [0.15, 0.2) is 0 Å². The molecule has 0 atom stereocenters. The van der Waals surface area contributed by atoms with Crippen LogP contribution in [0.1, 0.15) is 105 Å². The summed E-state index contributed by atoms with van der Waals surface area (Å²) in [6.45, 7) is 23.3. The fourth-order valence-electron chi connectivity index (χ4n) is 14.1. The molecule has 0 spiro atoms. The van der Waals surface area contributed by atoms with Gasteiger partial charge in [-0.25, -0.2) is 0 Å². The lowest BCUT2D eigenvalue weighted by atomic mass is 9.81. The minimum atomic E-state index is -0.270. The normalized spacial score (nSPS) is 14.5. The fraction of sp³-hybridized carbons (Fsp3) is 0.190. The van der Waals surface area contributed by atoms with Crippen molar-refractivity contribution in [3.05, 3.63) is 275 Å². The molecule has 0 saturated heterocycles. The van der Waals surface area contributed by atoms with Gasteiger partial charge in [-0.15, -0.1) is 0 Å². The number of anilines is 6. The molecule has 81 heavy (non-hydrogen) atoms. The molecular formula is C79H70N2. The first-order valence-corrected chi connectivity index (χ1v) is 29.2. The Morgan fingerprint density at radius 1 is 0.296 bits per heavy atom. The summed E-state index contributed by atoms with van der Waals surface area (Å²) in [5.74, 6) is 0.631. The largest absolute Gasteiger partial charge is 0.310 e. The van der Waals surface area contributed by atoms with Crippen LogP contribution in [0.15, 0.2) is 224 Å². The lowest BCUT2D eigenvalue weighted by Crippen LogP contribution is -2.17. The Morgan fingerprint density at radius 3 is 1.15 bits per heavy atom. The smallest absolute Gasteiger partial charge is 0.0465 e. The molecular weight excluding hydrogens is 977 g/mol. The maximum Gasteiger partial charge on any atom is 0.0465 e. The molecule has 396 valence electrons. The van der Waals surface area contributed by atoms with Crippen molar-refractivity contribution in [2.75, 3.05) is 9.80 Å². The highest BCUT2D eigenvalue weighted by Crippen LogP contribution is 2.55. The summed E-state index contributed by atoms with van der Waals surface area (Å²) in [7, 11) is 0. The van der Waals surface area contributed by atoms with E-state index in [1.807, 2.05) is 0 Å². The van der Waals surface area contributed by atoms with Crippen LogP contribution in [0, 0.1) is 19.8 Å². The summed E-state index contributed by atoms with van der Waals surface area (Å²) in [6.07, 6.45) is 1.10. The second kappa shape index (κ2) is 18.7. The molecule has 0 saturated carbocycles. The highest BCUT2D eigenvalue weighted by atomic mass is 15.1. The van der Waals surface area contributed by atoms with Crippen molar-refractivity contribution in [1.29, 1.82) is 0 Å². The van der Waals surface area contributed by atoms with Gasteiger partial charge < -0.3 is 9.80 Å². The molecule has 3 aliphatic rings. The van der Waals surface area contributed by atoms with Crippen LogP contribution in [0.2, 0.25) is 0 Å². The lowest BCUT2D eigenvalue weighted by molar-refractivity contribution is 0.647. The quantitative estimate of drug-likeness (QED) is 0.135. The van der Waals surface area contributed by atoms with Gasteiger partial charge >= 0.3 is 0 Å². The molecule has 11 aromatic rings. The summed E-state index contributed by atoms with van der Waals surface area (Å²) in [4.78, 5) is 4.85. The van der Waals surface area contributed by atoms with Crippen molar-refractivity contribution in [1.82, 2.24) is 0 Å². The highest BCUT2D eigenvalue weighted by molar-refractivity contribution is 5.95. The van der Waals surface area contributed by atoms with E-state index >= 15 is 0 Å². The van der Waals surface area contributed by atoms with Crippen LogP contribution in [0.5, 0.6) is 0 Å². The predicted octanol–water partition coefficient (Wildman–Crippen LogP) is 21.8. The summed E-state index contributed by atoms with van der Waals surface area (Å²) in [6, 6.07) is 85.6. The van der Waals surface area contributed by atoms with Crippen LogP contribution in [-0.4, -0.2) is 0 Å². The van der Waals surface area contributed by atoms with Gasteiger partial charge in [-0.1, -0.05) is 194 Å². The minimum absolute atomic E-state index is 0.0497. The van der Waals surface area contributed by atoms with E-state index in [1.165, 1.54) is 116 Å². The van der Waals surface area contributed by atoms with Crippen molar-refractivity contribution in [3.63, 3.8) is 0 Å². The lowest BCUT2D eigenvalue weighted by Gasteiger charge is -2.29. The molecule has 2 heteroatoms. The Balaban J connectivity index is 0.777. The maximum atomic E-state index is 2.47. The van der Waals surface area contributed by atoms with Gasteiger partial charge in [0, 0.05) is 50.4 Å². The Hall–Kier alpha value is -8.72. The third kappa shape index (κ3) is 8.28. The number of aryl methyl sites for hydroxylation is 2. The van der Waals surface area contributed by atoms with Crippen molar-refractivity contribution < 1.29 is 0 Å². The zero-order valence-corrected chi connectivity index (χ0v) is 48.5. The summed E-state index contributed by atoms with van der Waals surface area (Å²) in [5.41, 5.74) is 31.5. The van der Waals surface area contributed by atoms with Gasteiger partial charge in [0.05, 0.1) is 0 Å². The molecule has 3 aliphatic carbocycles. The number of fused-ring (bicyclic) bond motifs is 10. The van der Waals surface area contributed by atoms with E-state index in [1.54, 1.807) is 0 Å². The van der Waals surface area contributed by atoms with Gasteiger partial charge in [-0.05, 0) is 229 Å². The molecule has 0 aromatic heterocycles. The van der Waals surface area contributed by atoms with Crippen molar-refractivity contribution in [3.8, 4) is 55.6 Å². The first-order valence-electron chi connectivity index (χ1n) is 29.2. The standard InChI is InChI=1S/C79H70N2/c1-49(2)41-52-19-20-55-43-70-69-38-26-57(45-73(69)78(7,8)74(70)46-58(55)42-52)54-23-33-62(34-24-54)81(60-29-17-51(4)18-30-60)64-36-40-68-67-39-35-63(47-75(67)79(9,10)76(68)48-64)80(59-27-15-50(3)16-28-59)61-31-21-53(22-32-61)56-25-37-66-65-13-11-12-14-71(65)77(5,6)72(66)44-56/h11-40,42-49H,41H2,1-10H3. The fourth-order valence-corrected chi connectivity index (χ4v) is 14.1. The highest BCUT2D eigenvalue weighted by Gasteiger charge is 2.39. The number of benzene rings is 11. The SMILES string of the molecule is Cc1ccc(N(c2ccc(-c3ccc4c(c3)C(C)(C)c3ccccc3-4)cc2)c2ccc3c(c2)C(C)(C)c2cc(N(c4ccc(C)cc4)c4ccc(-c5ccc6c(c5)C(C)(C)c5cc7cc(CC(C)C)ccc7cc5-6)cc4)ccc2-3)cc1. The van der Waals surface area contributed by atoms with E-state index in [0.717, 1.165) is 40.5 Å². The Labute approximate surface area is 480 Å². The molecule has 0 N–H and O–H groups in total. The second-order valence-electron chi connectivity index (χ2n) is 25.5. The third-order valence-corrected chi connectivity index (χ3v) is 18.6. The van der Waals surface area contributed by atoms with Crippen LogP contribution in [0.3, 0.4) is 0 Å².